The third-order valence-electron chi connectivity index (χ3n) is 5.20. The predicted octanol–water partition coefficient (Wildman–Crippen LogP) is 3.31. The number of imidazole rings is 1. The van der Waals surface area contributed by atoms with Crippen LogP contribution in [0.1, 0.15) is 29.5 Å². The highest BCUT2D eigenvalue weighted by Crippen LogP contribution is 2.30. The molecule has 1 amide bonds. The van der Waals surface area contributed by atoms with E-state index in [1.54, 1.807) is 11.8 Å². The number of nitrogens with one attached hydrogen (secondary N) is 1. The van der Waals surface area contributed by atoms with Crippen LogP contribution in [0.15, 0.2) is 54.6 Å². The lowest BCUT2D eigenvalue weighted by molar-refractivity contribution is -0.127. The van der Waals surface area contributed by atoms with Gasteiger partial charge in [0, 0.05) is 25.0 Å². The van der Waals surface area contributed by atoms with E-state index in [1.807, 2.05) is 47.4 Å². The van der Waals surface area contributed by atoms with Crippen molar-refractivity contribution >= 4 is 28.7 Å². The molecule has 6 heteroatoms. The van der Waals surface area contributed by atoms with Crippen molar-refractivity contribution in [3.05, 3.63) is 66.0 Å². The number of hydrogen-bond acceptors (Lipinski definition) is 4. The standard InChI is InChI=1S/C21H24N4OS/c1-14(21-23-18-9-5-6-10-19(18)24-21)27-13-20(26)25-11-16(17(22)12-25)15-7-3-2-4-8-15/h2-10,14,16-17H,11-13,22H2,1H3,(H,23,24)/t14?,16-,17+/m0/s1. The summed E-state index contributed by atoms with van der Waals surface area (Å²) in [6.07, 6.45) is 0. The van der Waals surface area contributed by atoms with Crippen LogP contribution in [0.2, 0.25) is 0 Å². The minimum Gasteiger partial charge on any atom is -0.341 e. The summed E-state index contributed by atoms with van der Waals surface area (Å²) in [5.74, 6) is 1.71. The van der Waals surface area contributed by atoms with Crippen LogP contribution in [0.4, 0.5) is 0 Å². The van der Waals surface area contributed by atoms with E-state index in [9.17, 15) is 4.79 Å². The number of nitrogens with zero attached hydrogens (tertiary/aromatic N) is 2. The van der Waals surface area contributed by atoms with Gasteiger partial charge in [-0.2, -0.15) is 0 Å². The van der Waals surface area contributed by atoms with Gasteiger partial charge in [-0.1, -0.05) is 42.5 Å². The largest absolute Gasteiger partial charge is 0.341 e. The fraction of sp³-hybridized carbons (Fsp3) is 0.333. The van der Waals surface area contributed by atoms with Crippen LogP contribution in [-0.4, -0.2) is 45.7 Å². The molecule has 5 nitrogen and oxygen atoms in total. The topological polar surface area (TPSA) is 75.0 Å². The summed E-state index contributed by atoms with van der Waals surface area (Å²) in [6.45, 7) is 3.40. The molecule has 1 fully saturated rings. The zero-order valence-electron chi connectivity index (χ0n) is 15.3. The summed E-state index contributed by atoms with van der Waals surface area (Å²) in [4.78, 5) is 22.6. The molecule has 1 unspecified atom stereocenters. The van der Waals surface area contributed by atoms with Crippen LogP contribution in [-0.2, 0) is 4.79 Å². The zero-order chi connectivity index (χ0) is 18.8. The van der Waals surface area contributed by atoms with E-state index in [0.29, 0.717) is 18.8 Å². The highest BCUT2D eigenvalue weighted by molar-refractivity contribution is 8.00. The first-order valence-corrected chi connectivity index (χ1v) is 10.3. The van der Waals surface area contributed by atoms with Gasteiger partial charge in [0.2, 0.25) is 5.91 Å². The highest BCUT2D eigenvalue weighted by atomic mass is 32.2. The summed E-state index contributed by atoms with van der Waals surface area (Å²) < 4.78 is 0. The summed E-state index contributed by atoms with van der Waals surface area (Å²) in [5.41, 5.74) is 9.52. The molecule has 1 aliphatic rings. The van der Waals surface area contributed by atoms with Crippen LogP contribution in [0.25, 0.3) is 11.0 Å². The van der Waals surface area contributed by atoms with E-state index in [1.165, 1.54) is 5.56 Å². The van der Waals surface area contributed by atoms with E-state index in [2.05, 4.69) is 29.0 Å². The number of thioether (sulfide) groups is 1. The quantitative estimate of drug-likeness (QED) is 0.712. The number of carbonyl (C=O) groups is 1. The van der Waals surface area contributed by atoms with Gasteiger partial charge < -0.3 is 15.6 Å². The van der Waals surface area contributed by atoms with Gasteiger partial charge in [-0.15, -0.1) is 11.8 Å². The number of rotatable bonds is 5. The van der Waals surface area contributed by atoms with Crippen molar-refractivity contribution in [3.8, 4) is 0 Å². The molecule has 4 rings (SSSR count). The van der Waals surface area contributed by atoms with Crippen molar-refractivity contribution in [1.82, 2.24) is 14.9 Å². The van der Waals surface area contributed by atoms with Crippen LogP contribution in [0.3, 0.4) is 0 Å². The van der Waals surface area contributed by atoms with Crippen LogP contribution < -0.4 is 5.73 Å². The van der Waals surface area contributed by atoms with Gasteiger partial charge in [0.25, 0.3) is 0 Å². The number of amides is 1. The molecular formula is C21H24N4OS. The number of likely N-dealkylation sites (tertiary alicyclic amines) is 1. The Balaban J connectivity index is 1.35. The molecule has 0 bridgehead atoms. The SMILES string of the molecule is CC(SCC(=O)N1C[C@@H](N)[C@H](c2ccccc2)C1)c1nc2ccccc2[nH]1. The van der Waals surface area contributed by atoms with Crippen molar-refractivity contribution in [3.63, 3.8) is 0 Å². The van der Waals surface area contributed by atoms with Gasteiger partial charge in [-0.25, -0.2) is 4.98 Å². The molecule has 0 saturated carbocycles. The maximum absolute atomic E-state index is 12.7. The maximum atomic E-state index is 12.7. The lowest BCUT2D eigenvalue weighted by Gasteiger charge is -2.17. The monoisotopic (exact) mass is 380 g/mol. The van der Waals surface area contributed by atoms with Gasteiger partial charge in [0.05, 0.1) is 22.0 Å². The molecule has 0 radical (unpaired) electrons. The molecule has 0 spiro atoms. The molecule has 1 aromatic heterocycles. The van der Waals surface area contributed by atoms with Crippen molar-refractivity contribution in [1.29, 1.82) is 0 Å². The molecule has 1 aliphatic heterocycles. The van der Waals surface area contributed by atoms with Crippen LogP contribution in [0.5, 0.6) is 0 Å². The molecule has 1 saturated heterocycles. The number of nitrogens with two attached hydrogens (primary N) is 1. The molecule has 2 aromatic carbocycles. The van der Waals surface area contributed by atoms with E-state index in [0.717, 1.165) is 16.9 Å². The lowest BCUT2D eigenvalue weighted by atomic mass is 9.95. The van der Waals surface area contributed by atoms with Crippen molar-refractivity contribution in [2.45, 2.75) is 24.1 Å². The van der Waals surface area contributed by atoms with Gasteiger partial charge in [-0.3, -0.25) is 4.79 Å². The van der Waals surface area contributed by atoms with Crippen LogP contribution in [0, 0.1) is 0 Å². The highest BCUT2D eigenvalue weighted by Gasteiger charge is 2.33. The molecule has 140 valence electrons. The molecule has 27 heavy (non-hydrogen) atoms. The maximum Gasteiger partial charge on any atom is 0.232 e. The van der Waals surface area contributed by atoms with E-state index < -0.39 is 0 Å². The minimum atomic E-state index is -0.00542. The Morgan fingerprint density at radius 3 is 2.74 bits per heavy atom. The number of benzene rings is 2. The number of carbonyl (C=O) groups excluding carboxylic acids is 1. The van der Waals surface area contributed by atoms with Crippen molar-refractivity contribution in [2.75, 3.05) is 18.8 Å². The minimum absolute atomic E-state index is 0.00542. The normalized spacial score (nSPS) is 20.9. The first-order valence-electron chi connectivity index (χ1n) is 9.26. The van der Waals surface area contributed by atoms with Crippen LogP contribution >= 0.6 is 11.8 Å². The first kappa shape index (κ1) is 18.1. The lowest BCUT2D eigenvalue weighted by Crippen LogP contribution is -2.33. The summed E-state index contributed by atoms with van der Waals surface area (Å²) in [7, 11) is 0. The molecule has 0 aliphatic carbocycles. The Morgan fingerprint density at radius 1 is 1.22 bits per heavy atom. The van der Waals surface area contributed by atoms with E-state index in [4.69, 9.17) is 5.73 Å². The van der Waals surface area contributed by atoms with Gasteiger partial charge >= 0.3 is 0 Å². The molecular weight excluding hydrogens is 356 g/mol. The Labute approximate surface area is 163 Å². The summed E-state index contributed by atoms with van der Waals surface area (Å²) >= 11 is 1.61. The second kappa shape index (κ2) is 7.74. The van der Waals surface area contributed by atoms with Crippen molar-refractivity contribution < 1.29 is 4.79 Å². The predicted molar refractivity (Wildman–Crippen MR) is 111 cm³/mol. The van der Waals surface area contributed by atoms with E-state index >= 15 is 0 Å². The van der Waals surface area contributed by atoms with Gasteiger partial charge in [0.15, 0.2) is 0 Å². The Kier molecular flexibility index (Phi) is 5.18. The average Bonchev–Trinajstić information content (AvgIpc) is 3.30. The molecule has 3 N–H and O–H groups in total. The fourth-order valence-corrected chi connectivity index (χ4v) is 4.46. The summed E-state index contributed by atoms with van der Waals surface area (Å²) in [6, 6.07) is 18.2. The van der Waals surface area contributed by atoms with Crippen molar-refractivity contribution in [2.24, 2.45) is 5.73 Å². The van der Waals surface area contributed by atoms with Gasteiger partial charge in [0.1, 0.15) is 5.82 Å². The Hall–Kier alpha value is -2.31. The Morgan fingerprint density at radius 2 is 1.96 bits per heavy atom. The second-order valence-electron chi connectivity index (χ2n) is 7.07. The fourth-order valence-electron chi connectivity index (χ4n) is 3.62. The third kappa shape index (κ3) is 3.87. The molecule has 3 aromatic rings. The second-order valence-corrected chi connectivity index (χ2v) is 8.40. The average molecular weight is 381 g/mol. The Bertz CT molecular complexity index is 893. The molecule has 2 heterocycles. The summed E-state index contributed by atoms with van der Waals surface area (Å²) in [5, 5.41) is 0.127. The van der Waals surface area contributed by atoms with E-state index in [-0.39, 0.29) is 23.1 Å². The van der Waals surface area contributed by atoms with Gasteiger partial charge in [-0.05, 0) is 24.6 Å². The molecule has 3 atom stereocenters. The number of aromatic amines is 1. The smallest absolute Gasteiger partial charge is 0.232 e. The number of H-pyrrole nitrogens is 1. The zero-order valence-corrected chi connectivity index (χ0v) is 16.2. The number of aromatic nitrogens is 2. The number of hydrogen-bond donors (Lipinski definition) is 2. The number of fused-ring (bicyclic) bond motifs is 1. The number of para-hydroxylation sites is 2. The third-order valence-corrected chi connectivity index (χ3v) is 6.33. The first-order chi connectivity index (χ1) is 13.1.